The predicted molar refractivity (Wildman–Crippen MR) is 111 cm³/mol. The van der Waals surface area contributed by atoms with Crippen LogP contribution in [0.2, 0.25) is 0 Å². The van der Waals surface area contributed by atoms with Crippen molar-refractivity contribution in [3.8, 4) is 0 Å². The van der Waals surface area contributed by atoms with E-state index in [1.165, 1.54) is 25.9 Å². The molecule has 0 amide bonds. The molecule has 1 aromatic heterocycles. The standard InChI is InChI=1S/C20H37N7O/c1-5-21-20(22-11-17-7-6-10-26(17)12-15(2)3)23-16-8-9-19-24-18(14-28-4)25-27(19)13-16/h15-17H,5-14H2,1-4H3,(H2,21,22,23)/t16?,17-/m1/s1. The van der Waals surface area contributed by atoms with Gasteiger partial charge in [-0.25, -0.2) is 9.67 Å². The molecular weight excluding hydrogens is 354 g/mol. The third-order valence-corrected chi connectivity index (χ3v) is 5.42. The third-order valence-electron chi connectivity index (χ3n) is 5.42. The number of ether oxygens (including phenoxy) is 1. The Labute approximate surface area is 169 Å². The maximum absolute atomic E-state index is 5.16. The van der Waals surface area contributed by atoms with Gasteiger partial charge >= 0.3 is 0 Å². The SMILES string of the molecule is CCNC(=NC[C@H]1CCCN1CC(C)C)NC1CCc2nc(COC)nn2C1. The number of fused-ring (bicyclic) bond motifs is 1. The van der Waals surface area contributed by atoms with Gasteiger partial charge in [-0.05, 0) is 38.6 Å². The molecule has 8 nitrogen and oxygen atoms in total. The van der Waals surface area contributed by atoms with Crippen LogP contribution in [0.25, 0.3) is 0 Å². The molecule has 0 spiro atoms. The summed E-state index contributed by atoms with van der Waals surface area (Å²) in [7, 11) is 1.68. The number of guanidine groups is 1. The van der Waals surface area contributed by atoms with Gasteiger partial charge in [-0.15, -0.1) is 0 Å². The zero-order chi connectivity index (χ0) is 19.9. The topological polar surface area (TPSA) is 79.6 Å². The fourth-order valence-electron chi connectivity index (χ4n) is 4.19. The lowest BCUT2D eigenvalue weighted by molar-refractivity contribution is 0.177. The van der Waals surface area contributed by atoms with Gasteiger partial charge in [0.05, 0.1) is 13.1 Å². The lowest BCUT2D eigenvalue weighted by Gasteiger charge is -2.27. The van der Waals surface area contributed by atoms with E-state index in [4.69, 9.17) is 9.73 Å². The summed E-state index contributed by atoms with van der Waals surface area (Å²) in [6.07, 6.45) is 4.51. The summed E-state index contributed by atoms with van der Waals surface area (Å²) in [5, 5.41) is 11.6. The average molecular weight is 392 g/mol. The first-order valence-corrected chi connectivity index (χ1v) is 10.8. The molecule has 3 rings (SSSR count). The van der Waals surface area contributed by atoms with E-state index in [2.05, 4.69) is 46.4 Å². The van der Waals surface area contributed by atoms with E-state index in [9.17, 15) is 0 Å². The van der Waals surface area contributed by atoms with Crippen LogP contribution in [0.1, 0.15) is 51.7 Å². The van der Waals surface area contributed by atoms with E-state index >= 15 is 0 Å². The second kappa shape index (κ2) is 10.2. The maximum Gasteiger partial charge on any atom is 0.191 e. The Balaban J connectivity index is 1.57. The van der Waals surface area contributed by atoms with Gasteiger partial charge in [-0.1, -0.05) is 13.8 Å². The van der Waals surface area contributed by atoms with Crippen LogP contribution in [0.15, 0.2) is 4.99 Å². The van der Waals surface area contributed by atoms with Crippen LogP contribution in [0.4, 0.5) is 0 Å². The van der Waals surface area contributed by atoms with Crippen molar-refractivity contribution in [1.29, 1.82) is 0 Å². The summed E-state index contributed by atoms with van der Waals surface area (Å²) in [6, 6.07) is 0.889. The van der Waals surface area contributed by atoms with Gasteiger partial charge in [-0.2, -0.15) is 5.10 Å². The highest BCUT2D eigenvalue weighted by Gasteiger charge is 2.25. The fourth-order valence-corrected chi connectivity index (χ4v) is 4.19. The summed E-state index contributed by atoms with van der Waals surface area (Å²) in [5.41, 5.74) is 0. The monoisotopic (exact) mass is 391 g/mol. The molecule has 28 heavy (non-hydrogen) atoms. The van der Waals surface area contributed by atoms with Crippen molar-refractivity contribution in [1.82, 2.24) is 30.3 Å². The maximum atomic E-state index is 5.16. The number of rotatable bonds is 8. The smallest absolute Gasteiger partial charge is 0.191 e. The van der Waals surface area contributed by atoms with E-state index in [0.717, 1.165) is 50.1 Å². The molecule has 3 heterocycles. The van der Waals surface area contributed by atoms with Crippen LogP contribution in [-0.4, -0.2) is 71.0 Å². The number of hydrogen-bond donors (Lipinski definition) is 2. The molecule has 0 bridgehead atoms. The number of aryl methyl sites for hydroxylation is 1. The van der Waals surface area contributed by atoms with Crippen molar-refractivity contribution in [3.63, 3.8) is 0 Å². The average Bonchev–Trinajstić information content (AvgIpc) is 3.25. The van der Waals surface area contributed by atoms with Gasteiger partial charge in [0, 0.05) is 38.7 Å². The van der Waals surface area contributed by atoms with Gasteiger partial charge < -0.3 is 15.4 Å². The minimum Gasteiger partial charge on any atom is -0.377 e. The van der Waals surface area contributed by atoms with E-state index in [1.807, 2.05) is 4.68 Å². The zero-order valence-electron chi connectivity index (χ0n) is 17.9. The van der Waals surface area contributed by atoms with Crippen LogP contribution in [0.5, 0.6) is 0 Å². The van der Waals surface area contributed by atoms with Crippen LogP contribution < -0.4 is 10.6 Å². The van der Waals surface area contributed by atoms with E-state index in [1.54, 1.807) is 7.11 Å². The molecule has 2 aliphatic heterocycles. The van der Waals surface area contributed by atoms with E-state index in [0.29, 0.717) is 24.6 Å². The van der Waals surface area contributed by atoms with Crippen LogP contribution in [0.3, 0.4) is 0 Å². The van der Waals surface area contributed by atoms with Gasteiger partial charge in [0.15, 0.2) is 11.8 Å². The first kappa shape index (κ1) is 21.0. The van der Waals surface area contributed by atoms with Crippen molar-refractivity contribution in [2.45, 2.75) is 71.7 Å². The molecule has 158 valence electrons. The Bertz CT molecular complexity index is 642. The minimum atomic E-state index is 0.317. The van der Waals surface area contributed by atoms with E-state index < -0.39 is 0 Å². The van der Waals surface area contributed by atoms with Gasteiger partial charge in [0.25, 0.3) is 0 Å². The predicted octanol–water partition coefficient (Wildman–Crippen LogP) is 1.41. The molecule has 0 aliphatic carbocycles. The quantitative estimate of drug-likeness (QED) is 0.515. The first-order chi connectivity index (χ1) is 13.6. The Morgan fingerprint density at radius 1 is 1.36 bits per heavy atom. The molecule has 1 fully saturated rings. The second-order valence-electron chi connectivity index (χ2n) is 8.34. The van der Waals surface area contributed by atoms with Gasteiger partial charge in [0.2, 0.25) is 0 Å². The van der Waals surface area contributed by atoms with Crippen LogP contribution in [0, 0.1) is 5.92 Å². The lowest BCUT2D eigenvalue weighted by Crippen LogP contribution is -2.47. The van der Waals surface area contributed by atoms with Crippen molar-refractivity contribution < 1.29 is 4.74 Å². The van der Waals surface area contributed by atoms with Crippen molar-refractivity contribution >= 4 is 5.96 Å². The molecule has 0 radical (unpaired) electrons. The fraction of sp³-hybridized carbons (Fsp3) is 0.850. The third kappa shape index (κ3) is 5.67. The highest BCUT2D eigenvalue weighted by Crippen LogP contribution is 2.19. The van der Waals surface area contributed by atoms with Gasteiger partial charge in [0.1, 0.15) is 12.4 Å². The number of methoxy groups -OCH3 is 1. The Hall–Kier alpha value is -1.67. The highest BCUT2D eigenvalue weighted by atomic mass is 16.5. The van der Waals surface area contributed by atoms with Crippen LogP contribution in [-0.2, 0) is 24.3 Å². The zero-order valence-corrected chi connectivity index (χ0v) is 17.9. The number of nitrogens with zero attached hydrogens (tertiary/aromatic N) is 5. The number of likely N-dealkylation sites (tertiary alicyclic amines) is 1. The van der Waals surface area contributed by atoms with Gasteiger partial charge in [-0.3, -0.25) is 9.89 Å². The number of hydrogen-bond acceptors (Lipinski definition) is 5. The second-order valence-corrected chi connectivity index (χ2v) is 8.34. The molecule has 1 aromatic rings. The summed E-state index contributed by atoms with van der Waals surface area (Å²) in [5.74, 6) is 3.45. The van der Waals surface area contributed by atoms with Crippen molar-refractivity contribution in [2.24, 2.45) is 10.9 Å². The Morgan fingerprint density at radius 3 is 2.96 bits per heavy atom. The molecule has 0 aromatic carbocycles. The Kier molecular flexibility index (Phi) is 7.67. The number of aliphatic imine (C=N–C) groups is 1. The number of aromatic nitrogens is 3. The molecule has 2 N–H and O–H groups in total. The number of nitrogens with one attached hydrogen (secondary N) is 2. The molecule has 1 unspecified atom stereocenters. The molecule has 2 aliphatic rings. The molecule has 2 atom stereocenters. The Morgan fingerprint density at radius 2 is 2.21 bits per heavy atom. The molecular formula is C20H37N7O. The van der Waals surface area contributed by atoms with Crippen molar-refractivity contribution in [3.05, 3.63) is 11.6 Å². The summed E-state index contributed by atoms with van der Waals surface area (Å²) in [6.45, 7) is 12.1. The molecule has 8 heteroatoms. The normalized spacial score (nSPS) is 23.2. The summed E-state index contributed by atoms with van der Waals surface area (Å²) < 4.78 is 7.17. The first-order valence-electron chi connectivity index (χ1n) is 10.8. The highest BCUT2D eigenvalue weighted by molar-refractivity contribution is 5.80. The molecule has 0 saturated carbocycles. The largest absolute Gasteiger partial charge is 0.377 e. The summed E-state index contributed by atoms with van der Waals surface area (Å²) in [4.78, 5) is 12.1. The lowest BCUT2D eigenvalue weighted by atomic mass is 10.1. The molecule has 1 saturated heterocycles. The minimum absolute atomic E-state index is 0.317. The van der Waals surface area contributed by atoms with Crippen LogP contribution >= 0.6 is 0 Å². The van der Waals surface area contributed by atoms with Crippen molar-refractivity contribution in [2.75, 3.05) is 33.3 Å². The summed E-state index contributed by atoms with van der Waals surface area (Å²) >= 11 is 0. The van der Waals surface area contributed by atoms with E-state index in [-0.39, 0.29) is 0 Å².